The Hall–Kier alpha value is -1.06. The first-order valence-electron chi connectivity index (χ1n) is 5.94. The number of benzene rings is 1. The molecule has 16 heavy (non-hydrogen) atoms. The molecule has 0 aliphatic carbocycles. The van der Waals surface area contributed by atoms with Crippen LogP contribution in [0.4, 0.5) is 5.69 Å². The Bertz CT molecular complexity index is 354. The molecule has 1 fully saturated rings. The number of likely N-dealkylation sites (N-methyl/N-ethyl adjacent to an activating group) is 1. The van der Waals surface area contributed by atoms with Crippen molar-refractivity contribution >= 4 is 5.69 Å². The van der Waals surface area contributed by atoms with Gasteiger partial charge in [-0.05, 0) is 31.2 Å². The Morgan fingerprint density at radius 3 is 2.50 bits per heavy atom. The van der Waals surface area contributed by atoms with Crippen LogP contribution < -0.4 is 10.6 Å². The molecule has 0 aromatic heterocycles. The molecule has 1 saturated heterocycles. The third-order valence-corrected chi connectivity index (χ3v) is 3.30. The molecule has 0 spiro atoms. The first-order valence-corrected chi connectivity index (χ1v) is 5.94. The predicted octanol–water partition coefficient (Wildman–Crippen LogP) is 1.21. The van der Waals surface area contributed by atoms with Gasteiger partial charge in [-0.2, -0.15) is 0 Å². The fraction of sp³-hybridized carbons (Fsp3) is 0.538. The van der Waals surface area contributed by atoms with Crippen molar-refractivity contribution in [2.75, 3.05) is 38.1 Å². The van der Waals surface area contributed by atoms with Crippen molar-refractivity contribution in [3.63, 3.8) is 0 Å². The summed E-state index contributed by atoms with van der Waals surface area (Å²) in [4.78, 5) is 4.82. The SMILES string of the molecule is Cc1ccc(CN)c(N2CCN(C)CC2)c1. The van der Waals surface area contributed by atoms with Gasteiger partial charge in [0.15, 0.2) is 0 Å². The van der Waals surface area contributed by atoms with Crippen LogP contribution >= 0.6 is 0 Å². The summed E-state index contributed by atoms with van der Waals surface area (Å²) >= 11 is 0. The second-order valence-corrected chi connectivity index (χ2v) is 4.63. The lowest BCUT2D eigenvalue weighted by Crippen LogP contribution is -2.44. The first-order chi connectivity index (χ1) is 7.70. The predicted molar refractivity (Wildman–Crippen MR) is 68.8 cm³/mol. The van der Waals surface area contributed by atoms with Crippen molar-refractivity contribution < 1.29 is 0 Å². The fourth-order valence-corrected chi connectivity index (χ4v) is 2.19. The molecule has 1 aliphatic rings. The standard InChI is InChI=1S/C13H21N3/c1-11-3-4-12(10-14)13(9-11)16-7-5-15(2)6-8-16/h3-4,9H,5-8,10,14H2,1-2H3. The number of nitrogens with two attached hydrogens (primary N) is 1. The van der Waals surface area contributed by atoms with Crippen molar-refractivity contribution in [1.29, 1.82) is 0 Å². The quantitative estimate of drug-likeness (QED) is 0.811. The maximum absolute atomic E-state index is 5.80. The molecular formula is C13H21N3. The van der Waals surface area contributed by atoms with E-state index in [0.717, 1.165) is 26.2 Å². The van der Waals surface area contributed by atoms with Gasteiger partial charge < -0.3 is 15.5 Å². The van der Waals surface area contributed by atoms with Crippen molar-refractivity contribution in [3.8, 4) is 0 Å². The van der Waals surface area contributed by atoms with Crippen LogP contribution in [0.5, 0.6) is 0 Å². The number of aryl methyl sites for hydroxylation is 1. The third kappa shape index (κ3) is 2.36. The molecule has 1 aliphatic heterocycles. The van der Waals surface area contributed by atoms with Gasteiger partial charge in [0.1, 0.15) is 0 Å². The molecule has 0 radical (unpaired) electrons. The van der Waals surface area contributed by atoms with E-state index in [9.17, 15) is 0 Å². The highest BCUT2D eigenvalue weighted by Gasteiger charge is 2.16. The maximum atomic E-state index is 5.80. The average molecular weight is 219 g/mol. The van der Waals surface area contributed by atoms with Crippen LogP contribution in [0.25, 0.3) is 0 Å². The molecule has 0 bridgehead atoms. The van der Waals surface area contributed by atoms with Gasteiger partial charge in [-0.15, -0.1) is 0 Å². The first kappa shape index (κ1) is 11.4. The van der Waals surface area contributed by atoms with E-state index in [4.69, 9.17) is 5.73 Å². The van der Waals surface area contributed by atoms with E-state index in [0.29, 0.717) is 6.54 Å². The Morgan fingerprint density at radius 1 is 1.19 bits per heavy atom. The summed E-state index contributed by atoms with van der Waals surface area (Å²) in [5, 5.41) is 0. The Morgan fingerprint density at radius 2 is 1.88 bits per heavy atom. The van der Waals surface area contributed by atoms with Crippen LogP contribution in [0, 0.1) is 6.92 Å². The molecular weight excluding hydrogens is 198 g/mol. The van der Waals surface area contributed by atoms with Gasteiger partial charge in [0, 0.05) is 38.4 Å². The minimum Gasteiger partial charge on any atom is -0.369 e. The van der Waals surface area contributed by atoms with E-state index in [2.05, 4.69) is 42.0 Å². The highest BCUT2D eigenvalue weighted by molar-refractivity contribution is 5.55. The zero-order valence-corrected chi connectivity index (χ0v) is 10.2. The highest BCUT2D eigenvalue weighted by Crippen LogP contribution is 2.23. The van der Waals surface area contributed by atoms with Gasteiger partial charge in [0.05, 0.1) is 0 Å². The lowest BCUT2D eigenvalue weighted by atomic mass is 10.1. The fourth-order valence-electron chi connectivity index (χ4n) is 2.19. The summed E-state index contributed by atoms with van der Waals surface area (Å²) in [6.07, 6.45) is 0. The van der Waals surface area contributed by atoms with E-state index in [1.807, 2.05) is 0 Å². The van der Waals surface area contributed by atoms with Crippen molar-refractivity contribution in [2.24, 2.45) is 5.73 Å². The summed E-state index contributed by atoms with van der Waals surface area (Å²) < 4.78 is 0. The Kier molecular flexibility index (Phi) is 3.46. The van der Waals surface area contributed by atoms with Gasteiger partial charge in [-0.25, -0.2) is 0 Å². The molecule has 1 heterocycles. The second kappa shape index (κ2) is 4.85. The van der Waals surface area contributed by atoms with Crippen molar-refractivity contribution in [1.82, 2.24) is 4.90 Å². The van der Waals surface area contributed by atoms with E-state index in [1.54, 1.807) is 0 Å². The number of hydrogen-bond donors (Lipinski definition) is 1. The Balaban J connectivity index is 2.21. The minimum absolute atomic E-state index is 0.627. The topological polar surface area (TPSA) is 32.5 Å². The van der Waals surface area contributed by atoms with Gasteiger partial charge in [-0.1, -0.05) is 12.1 Å². The van der Waals surface area contributed by atoms with E-state index < -0.39 is 0 Å². The lowest BCUT2D eigenvalue weighted by Gasteiger charge is -2.35. The maximum Gasteiger partial charge on any atom is 0.0415 e. The van der Waals surface area contributed by atoms with Gasteiger partial charge in [-0.3, -0.25) is 0 Å². The normalized spacial score (nSPS) is 17.8. The second-order valence-electron chi connectivity index (χ2n) is 4.63. The molecule has 2 N–H and O–H groups in total. The van der Waals surface area contributed by atoms with E-state index >= 15 is 0 Å². The third-order valence-electron chi connectivity index (χ3n) is 3.30. The van der Waals surface area contributed by atoms with Crippen LogP contribution in [0.2, 0.25) is 0 Å². The van der Waals surface area contributed by atoms with Crippen LogP contribution in [0.3, 0.4) is 0 Å². The minimum atomic E-state index is 0.627. The van der Waals surface area contributed by atoms with Gasteiger partial charge in [0.2, 0.25) is 0 Å². The van der Waals surface area contributed by atoms with Crippen LogP contribution in [0.1, 0.15) is 11.1 Å². The zero-order chi connectivity index (χ0) is 11.5. The summed E-state index contributed by atoms with van der Waals surface area (Å²) in [5.74, 6) is 0. The largest absolute Gasteiger partial charge is 0.369 e. The molecule has 0 unspecified atom stereocenters. The molecule has 2 rings (SSSR count). The van der Waals surface area contributed by atoms with Crippen LogP contribution in [0.15, 0.2) is 18.2 Å². The van der Waals surface area contributed by atoms with E-state index in [-0.39, 0.29) is 0 Å². The van der Waals surface area contributed by atoms with Crippen molar-refractivity contribution in [3.05, 3.63) is 29.3 Å². The number of anilines is 1. The summed E-state index contributed by atoms with van der Waals surface area (Å²) in [6.45, 7) is 7.25. The Labute approximate surface area is 97.8 Å². The molecule has 3 heteroatoms. The van der Waals surface area contributed by atoms with Crippen LogP contribution in [-0.2, 0) is 6.54 Å². The number of rotatable bonds is 2. The molecule has 88 valence electrons. The monoisotopic (exact) mass is 219 g/mol. The highest BCUT2D eigenvalue weighted by atomic mass is 15.2. The molecule has 1 aromatic carbocycles. The molecule has 0 atom stereocenters. The molecule has 0 amide bonds. The van der Waals surface area contributed by atoms with Gasteiger partial charge >= 0.3 is 0 Å². The zero-order valence-electron chi connectivity index (χ0n) is 10.2. The number of nitrogens with zero attached hydrogens (tertiary/aromatic N) is 2. The van der Waals surface area contributed by atoms with Gasteiger partial charge in [0.25, 0.3) is 0 Å². The summed E-state index contributed by atoms with van der Waals surface area (Å²) in [5.41, 5.74) is 9.70. The number of piperazine rings is 1. The van der Waals surface area contributed by atoms with Crippen molar-refractivity contribution in [2.45, 2.75) is 13.5 Å². The average Bonchev–Trinajstić information content (AvgIpc) is 2.30. The lowest BCUT2D eigenvalue weighted by molar-refractivity contribution is 0.312. The summed E-state index contributed by atoms with van der Waals surface area (Å²) in [6, 6.07) is 6.55. The molecule has 3 nitrogen and oxygen atoms in total. The van der Waals surface area contributed by atoms with Crippen LogP contribution in [-0.4, -0.2) is 38.1 Å². The van der Waals surface area contributed by atoms with E-state index in [1.165, 1.54) is 16.8 Å². The smallest absolute Gasteiger partial charge is 0.0415 e. The number of hydrogen-bond acceptors (Lipinski definition) is 3. The molecule has 0 saturated carbocycles. The molecule has 1 aromatic rings. The summed E-state index contributed by atoms with van der Waals surface area (Å²) in [7, 11) is 2.18.